The molecular weight excluding hydrogens is 276 g/mol. The van der Waals surface area contributed by atoms with Crippen molar-refractivity contribution < 1.29 is 19.7 Å². The molecule has 1 rings (SSSR count). The number of carboxylic acid groups (broad SMARTS) is 1. The van der Waals surface area contributed by atoms with E-state index >= 15 is 0 Å². The Labute approximate surface area is 102 Å². The molecule has 1 unspecified atom stereocenters. The Kier molecular flexibility index (Phi) is 4.18. The van der Waals surface area contributed by atoms with Crippen molar-refractivity contribution >= 4 is 21.9 Å². The number of benzene rings is 1. The molecule has 0 aliphatic carbocycles. The minimum atomic E-state index is -0.897. The molecule has 0 aliphatic heterocycles. The lowest BCUT2D eigenvalue weighted by Crippen LogP contribution is -2.03. The molecular formula is C11H13BrO4. The van der Waals surface area contributed by atoms with Crippen LogP contribution in [-0.4, -0.2) is 23.3 Å². The maximum absolute atomic E-state index is 10.6. The fourth-order valence-corrected chi connectivity index (χ4v) is 1.95. The van der Waals surface area contributed by atoms with Gasteiger partial charge in [-0.05, 0) is 18.1 Å². The summed E-state index contributed by atoms with van der Waals surface area (Å²) in [6, 6.07) is 3.33. The van der Waals surface area contributed by atoms with Gasteiger partial charge in [0.15, 0.2) is 11.5 Å². The maximum Gasteiger partial charge on any atom is 0.303 e. The molecule has 0 amide bonds. The Morgan fingerprint density at radius 2 is 2.19 bits per heavy atom. The predicted molar refractivity (Wildman–Crippen MR) is 63.0 cm³/mol. The number of aromatic hydroxyl groups is 1. The number of halogens is 1. The Bertz CT molecular complexity index is 403. The number of hydrogen-bond acceptors (Lipinski definition) is 3. The van der Waals surface area contributed by atoms with Crippen LogP contribution in [-0.2, 0) is 4.79 Å². The van der Waals surface area contributed by atoms with Crippen molar-refractivity contribution in [2.24, 2.45) is 0 Å². The number of carboxylic acids is 1. The third-order valence-corrected chi connectivity index (χ3v) is 2.76. The van der Waals surface area contributed by atoms with Gasteiger partial charge in [0, 0.05) is 10.0 Å². The summed E-state index contributed by atoms with van der Waals surface area (Å²) in [5.74, 6) is -0.837. The summed E-state index contributed by atoms with van der Waals surface area (Å²) in [6.45, 7) is 1.75. The van der Waals surface area contributed by atoms with Crippen molar-refractivity contribution in [1.82, 2.24) is 0 Å². The van der Waals surface area contributed by atoms with Gasteiger partial charge >= 0.3 is 5.97 Å². The zero-order valence-corrected chi connectivity index (χ0v) is 10.6. The van der Waals surface area contributed by atoms with E-state index in [9.17, 15) is 9.90 Å². The van der Waals surface area contributed by atoms with Gasteiger partial charge in [0.25, 0.3) is 0 Å². The molecule has 5 heteroatoms. The summed E-state index contributed by atoms with van der Waals surface area (Å²) < 4.78 is 5.74. The van der Waals surface area contributed by atoms with Crippen molar-refractivity contribution in [3.8, 4) is 11.5 Å². The van der Waals surface area contributed by atoms with Crippen LogP contribution < -0.4 is 4.74 Å². The molecule has 0 spiro atoms. The Morgan fingerprint density at radius 3 is 2.69 bits per heavy atom. The SMILES string of the molecule is COc1cc(Br)cc(C(C)CC(=O)O)c1O. The molecule has 0 aromatic heterocycles. The van der Waals surface area contributed by atoms with Crippen LogP contribution in [0.25, 0.3) is 0 Å². The molecule has 88 valence electrons. The topological polar surface area (TPSA) is 66.8 Å². The number of phenols is 1. The molecule has 1 atom stereocenters. The molecule has 0 saturated carbocycles. The fraction of sp³-hybridized carbons (Fsp3) is 0.364. The first kappa shape index (κ1) is 12.8. The minimum Gasteiger partial charge on any atom is -0.504 e. The van der Waals surface area contributed by atoms with Gasteiger partial charge in [-0.1, -0.05) is 22.9 Å². The van der Waals surface area contributed by atoms with Gasteiger partial charge in [-0.25, -0.2) is 0 Å². The standard InChI is InChI=1S/C11H13BrO4/c1-6(3-10(13)14)8-4-7(12)5-9(16-2)11(8)15/h4-6,15H,3H2,1-2H3,(H,13,14). The van der Waals surface area contributed by atoms with E-state index in [2.05, 4.69) is 15.9 Å². The summed E-state index contributed by atoms with van der Waals surface area (Å²) in [6.07, 6.45) is -0.0346. The molecule has 0 fully saturated rings. The Balaban J connectivity index is 3.12. The molecule has 0 aliphatic rings. The number of carbonyl (C=O) groups is 1. The minimum absolute atomic E-state index is 0.000509. The molecule has 0 bridgehead atoms. The molecule has 4 nitrogen and oxygen atoms in total. The first-order chi connectivity index (χ1) is 7.45. The highest BCUT2D eigenvalue weighted by Gasteiger charge is 2.17. The summed E-state index contributed by atoms with van der Waals surface area (Å²) in [7, 11) is 1.45. The highest BCUT2D eigenvalue weighted by molar-refractivity contribution is 9.10. The number of phenolic OH excluding ortho intramolecular Hbond substituents is 1. The first-order valence-electron chi connectivity index (χ1n) is 4.74. The molecule has 2 N–H and O–H groups in total. The van der Waals surface area contributed by atoms with Crippen LogP contribution >= 0.6 is 15.9 Å². The molecule has 16 heavy (non-hydrogen) atoms. The lowest BCUT2D eigenvalue weighted by molar-refractivity contribution is -0.137. The zero-order valence-electron chi connectivity index (χ0n) is 9.03. The number of aliphatic carboxylic acids is 1. The van der Waals surface area contributed by atoms with E-state index in [1.165, 1.54) is 7.11 Å². The maximum atomic E-state index is 10.6. The molecule has 0 heterocycles. The first-order valence-corrected chi connectivity index (χ1v) is 5.53. The van der Waals surface area contributed by atoms with Gasteiger partial charge < -0.3 is 14.9 Å². The van der Waals surface area contributed by atoms with Gasteiger partial charge in [0.2, 0.25) is 0 Å². The van der Waals surface area contributed by atoms with E-state index < -0.39 is 5.97 Å². The fourth-order valence-electron chi connectivity index (χ4n) is 1.50. The summed E-state index contributed by atoms with van der Waals surface area (Å²) in [5.41, 5.74) is 0.564. The number of hydrogen-bond donors (Lipinski definition) is 2. The average molecular weight is 289 g/mol. The van der Waals surface area contributed by atoms with E-state index in [4.69, 9.17) is 9.84 Å². The third kappa shape index (κ3) is 2.88. The van der Waals surface area contributed by atoms with E-state index in [0.717, 1.165) is 4.47 Å². The lowest BCUT2D eigenvalue weighted by Gasteiger charge is -2.14. The van der Waals surface area contributed by atoms with Crippen LogP contribution in [0.2, 0.25) is 0 Å². The second-order valence-corrected chi connectivity index (χ2v) is 4.46. The zero-order chi connectivity index (χ0) is 12.3. The van der Waals surface area contributed by atoms with Crippen LogP contribution in [0.1, 0.15) is 24.8 Å². The largest absolute Gasteiger partial charge is 0.504 e. The quantitative estimate of drug-likeness (QED) is 0.894. The number of rotatable bonds is 4. The molecule has 1 aromatic rings. The van der Waals surface area contributed by atoms with Gasteiger partial charge in [-0.15, -0.1) is 0 Å². The highest BCUT2D eigenvalue weighted by atomic mass is 79.9. The highest BCUT2D eigenvalue weighted by Crippen LogP contribution is 2.38. The monoisotopic (exact) mass is 288 g/mol. The van der Waals surface area contributed by atoms with Crippen molar-refractivity contribution in [1.29, 1.82) is 0 Å². The van der Waals surface area contributed by atoms with Crippen LogP contribution in [0.15, 0.2) is 16.6 Å². The third-order valence-electron chi connectivity index (χ3n) is 2.30. The Hall–Kier alpha value is -1.23. The van der Waals surface area contributed by atoms with Crippen LogP contribution in [0, 0.1) is 0 Å². The average Bonchev–Trinajstić information content (AvgIpc) is 2.19. The van der Waals surface area contributed by atoms with Crippen molar-refractivity contribution in [2.45, 2.75) is 19.3 Å². The molecule has 0 radical (unpaired) electrons. The van der Waals surface area contributed by atoms with Crippen molar-refractivity contribution in [2.75, 3.05) is 7.11 Å². The van der Waals surface area contributed by atoms with E-state index in [-0.39, 0.29) is 18.1 Å². The van der Waals surface area contributed by atoms with Crippen LogP contribution in [0.5, 0.6) is 11.5 Å². The summed E-state index contributed by atoms with van der Waals surface area (Å²) >= 11 is 3.28. The second kappa shape index (κ2) is 5.21. The molecule has 1 aromatic carbocycles. The Morgan fingerprint density at radius 1 is 1.56 bits per heavy atom. The normalized spacial score (nSPS) is 12.2. The van der Waals surface area contributed by atoms with Gasteiger partial charge in [0.05, 0.1) is 13.5 Å². The van der Waals surface area contributed by atoms with Gasteiger partial charge in [-0.2, -0.15) is 0 Å². The van der Waals surface area contributed by atoms with Crippen molar-refractivity contribution in [3.63, 3.8) is 0 Å². The predicted octanol–water partition coefficient (Wildman–Crippen LogP) is 2.74. The van der Waals surface area contributed by atoms with Crippen molar-refractivity contribution in [3.05, 3.63) is 22.2 Å². The van der Waals surface area contributed by atoms with Crippen LogP contribution in [0.4, 0.5) is 0 Å². The smallest absolute Gasteiger partial charge is 0.303 e. The summed E-state index contributed by atoms with van der Waals surface area (Å²) in [5, 5.41) is 18.6. The lowest BCUT2D eigenvalue weighted by atomic mass is 9.96. The molecule has 0 saturated heterocycles. The number of ether oxygens (including phenoxy) is 1. The van der Waals surface area contributed by atoms with Crippen LogP contribution in [0.3, 0.4) is 0 Å². The summed E-state index contributed by atoms with van der Waals surface area (Å²) in [4.78, 5) is 10.6. The van der Waals surface area contributed by atoms with E-state index in [1.807, 2.05) is 0 Å². The van der Waals surface area contributed by atoms with E-state index in [0.29, 0.717) is 11.3 Å². The van der Waals surface area contributed by atoms with E-state index in [1.54, 1.807) is 19.1 Å². The number of methoxy groups -OCH3 is 1. The van der Waals surface area contributed by atoms with Gasteiger partial charge in [0.1, 0.15) is 0 Å². The second-order valence-electron chi connectivity index (χ2n) is 3.54. The van der Waals surface area contributed by atoms with Gasteiger partial charge in [-0.3, -0.25) is 4.79 Å².